The molecule has 0 spiro atoms. The second-order valence-corrected chi connectivity index (χ2v) is 6.82. The lowest BCUT2D eigenvalue weighted by Crippen LogP contribution is -2.48. The Morgan fingerprint density at radius 1 is 1.45 bits per heavy atom. The van der Waals surface area contributed by atoms with Gasteiger partial charge in [-0.2, -0.15) is 0 Å². The van der Waals surface area contributed by atoms with E-state index in [1.54, 1.807) is 0 Å². The van der Waals surface area contributed by atoms with Gasteiger partial charge in [0.2, 0.25) is 5.91 Å². The van der Waals surface area contributed by atoms with E-state index in [1.807, 2.05) is 27.8 Å². The number of rotatable bonds is 6. The maximum absolute atomic E-state index is 12.0. The molecule has 0 aromatic rings. The van der Waals surface area contributed by atoms with E-state index in [2.05, 4.69) is 10.2 Å². The highest BCUT2D eigenvalue weighted by molar-refractivity contribution is 5.77. The van der Waals surface area contributed by atoms with Crippen molar-refractivity contribution in [3.63, 3.8) is 0 Å². The van der Waals surface area contributed by atoms with Gasteiger partial charge in [0, 0.05) is 37.7 Å². The number of likely N-dealkylation sites (N-methyl/N-ethyl adjacent to an activating group) is 1. The van der Waals surface area contributed by atoms with Crippen molar-refractivity contribution in [3.05, 3.63) is 0 Å². The zero-order valence-corrected chi connectivity index (χ0v) is 13.4. The SMILES string of the molecule is CN(CC1CCCCO1)C(CN)CC(=O)NC(C)(C)C. The van der Waals surface area contributed by atoms with Crippen LogP contribution in [0.4, 0.5) is 0 Å². The molecule has 1 amide bonds. The fourth-order valence-electron chi connectivity index (χ4n) is 2.52. The fraction of sp³-hybridized carbons (Fsp3) is 0.933. The first-order valence-electron chi connectivity index (χ1n) is 7.64. The molecule has 2 atom stereocenters. The Kier molecular flexibility index (Phi) is 6.92. The van der Waals surface area contributed by atoms with Crippen LogP contribution in [-0.4, -0.2) is 55.2 Å². The fourth-order valence-corrected chi connectivity index (χ4v) is 2.52. The molecule has 1 fully saturated rings. The molecule has 1 aliphatic rings. The van der Waals surface area contributed by atoms with Gasteiger partial charge in [0.05, 0.1) is 6.10 Å². The highest BCUT2D eigenvalue weighted by atomic mass is 16.5. The Hall–Kier alpha value is -0.650. The van der Waals surface area contributed by atoms with Crippen LogP contribution in [0.25, 0.3) is 0 Å². The van der Waals surface area contributed by atoms with Crippen molar-refractivity contribution in [2.45, 2.75) is 64.1 Å². The van der Waals surface area contributed by atoms with Gasteiger partial charge < -0.3 is 15.8 Å². The van der Waals surface area contributed by atoms with Crippen LogP contribution in [0.15, 0.2) is 0 Å². The van der Waals surface area contributed by atoms with Crippen LogP contribution in [-0.2, 0) is 9.53 Å². The van der Waals surface area contributed by atoms with Crippen LogP contribution in [0.3, 0.4) is 0 Å². The van der Waals surface area contributed by atoms with E-state index in [-0.39, 0.29) is 23.6 Å². The van der Waals surface area contributed by atoms with Gasteiger partial charge in [-0.1, -0.05) is 0 Å². The summed E-state index contributed by atoms with van der Waals surface area (Å²) in [7, 11) is 2.03. The van der Waals surface area contributed by atoms with Crippen LogP contribution in [0, 0.1) is 0 Å². The Morgan fingerprint density at radius 3 is 2.65 bits per heavy atom. The van der Waals surface area contributed by atoms with E-state index in [0.717, 1.165) is 26.0 Å². The number of amides is 1. The summed E-state index contributed by atoms with van der Waals surface area (Å²) in [6.07, 6.45) is 4.23. The first-order valence-corrected chi connectivity index (χ1v) is 7.64. The molecule has 0 radical (unpaired) electrons. The van der Waals surface area contributed by atoms with Crippen LogP contribution in [0.5, 0.6) is 0 Å². The molecule has 1 rings (SSSR count). The van der Waals surface area contributed by atoms with E-state index >= 15 is 0 Å². The molecule has 0 aromatic carbocycles. The smallest absolute Gasteiger partial charge is 0.222 e. The van der Waals surface area contributed by atoms with Crippen molar-refractivity contribution >= 4 is 5.91 Å². The summed E-state index contributed by atoms with van der Waals surface area (Å²) in [4.78, 5) is 14.2. The highest BCUT2D eigenvalue weighted by Crippen LogP contribution is 2.15. The molecular weight excluding hydrogens is 254 g/mol. The zero-order chi connectivity index (χ0) is 15.2. The van der Waals surface area contributed by atoms with Crippen molar-refractivity contribution < 1.29 is 9.53 Å². The van der Waals surface area contributed by atoms with Crippen molar-refractivity contribution in [1.29, 1.82) is 0 Å². The van der Waals surface area contributed by atoms with Crippen molar-refractivity contribution in [2.75, 3.05) is 26.7 Å². The van der Waals surface area contributed by atoms with Gasteiger partial charge in [0.15, 0.2) is 0 Å². The third-order valence-corrected chi connectivity index (χ3v) is 3.60. The van der Waals surface area contributed by atoms with Crippen LogP contribution >= 0.6 is 0 Å². The zero-order valence-electron chi connectivity index (χ0n) is 13.4. The highest BCUT2D eigenvalue weighted by Gasteiger charge is 2.23. The molecule has 1 saturated heterocycles. The summed E-state index contributed by atoms with van der Waals surface area (Å²) in [5, 5.41) is 2.99. The van der Waals surface area contributed by atoms with Gasteiger partial charge in [0.1, 0.15) is 0 Å². The normalized spacial score (nSPS) is 21.8. The maximum Gasteiger partial charge on any atom is 0.222 e. The Labute approximate surface area is 123 Å². The predicted molar refractivity (Wildman–Crippen MR) is 81.6 cm³/mol. The Morgan fingerprint density at radius 2 is 2.15 bits per heavy atom. The Bertz CT molecular complexity index is 296. The average Bonchev–Trinajstić information content (AvgIpc) is 2.35. The third-order valence-electron chi connectivity index (χ3n) is 3.60. The molecule has 2 unspecified atom stereocenters. The molecule has 0 aromatic heterocycles. The molecule has 5 heteroatoms. The third kappa shape index (κ3) is 6.68. The molecular formula is C15H31N3O2. The number of ether oxygens (including phenoxy) is 1. The lowest BCUT2D eigenvalue weighted by molar-refractivity contribution is -0.123. The minimum absolute atomic E-state index is 0.0596. The van der Waals surface area contributed by atoms with E-state index < -0.39 is 0 Å². The average molecular weight is 285 g/mol. The summed E-state index contributed by atoms with van der Waals surface area (Å²) in [5.74, 6) is 0.0596. The lowest BCUT2D eigenvalue weighted by Gasteiger charge is -2.32. The molecule has 0 saturated carbocycles. The molecule has 0 aliphatic carbocycles. The molecule has 1 aliphatic heterocycles. The molecule has 3 N–H and O–H groups in total. The van der Waals surface area contributed by atoms with Crippen LogP contribution in [0.1, 0.15) is 46.5 Å². The van der Waals surface area contributed by atoms with E-state index in [1.165, 1.54) is 6.42 Å². The van der Waals surface area contributed by atoms with E-state index in [9.17, 15) is 4.79 Å². The largest absolute Gasteiger partial charge is 0.377 e. The minimum Gasteiger partial charge on any atom is -0.377 e. The quantitative estimate of drug-likeness (QED) is 0.767. The number of nitrogens with one attached hydrogen (secondary N) is 1. The van der Waals surface area contributed by atoms with Crippen LogP contribution in [0.2, 0.25) is 0 Å². The van der Waals surface area contributed by atoms with Gasteiger partial charge in [-0.25, -0.2) is 0 Å². The van der Waals surface area contributed by atoms with Crippen LogP contribution < -0.4 is 11.1 Å². The standard InChI is InChI=1S/C15H31N3O2/c1-15(2,3)17-14(19)9-12(10-16)18(4)11-13-7-5-6-8-20-13/h12-13H,5-11,16H2,1-4H3,(H,17,19). The van der Waals surface area contributed by atoms with Crippen molar-refractivity contribution in [2.24, 2.45) is 5.73 Å². The van der Waals surface area contributed by atoms with Gasteiger partial charge in [-0.15, -0.1) is 0 Å². The second-order valence-electron chi connectivity index (χ2n) is 6.82. The summed E-state index contributed by atoms with van der Waals surface area (Å²) < 4.78 is 5.75. The number of carbonyl (C=O) groups is 1. The molecule has 0 bridgehead atoms. The summed E-state index contributed by atoms with van der Waals surface area (Å²) in [6.45, 7) is 8.16. The van der Waals surface area contributed by atoms with Gasteiger partial charge in [0.25, 0.3) is 0 Å². The molecule has 20 heavy (non-hydrogen) atoms. The topological polar surface area (TPSA) is 67.6 Å². The first-order chi connectivity index (χ1) is 9.31. The van der Waals surface area contributed by atoms with Gasteiger partial charge in [-0.3, -0.25) is 9.69 Å². The Balaban J connectivity index is 2.41. The summed E-state index contributed by atoms with van der Waals surface area (Å²) in [6, 6.07) is 0.0721. The number of nitrogens with zero attached hydrogens (tertiary/aromatic N) is 1. The first kappa shape index (κ1) is 17.4. The summed E-state index contributed by atoms with van der Waals surface area (Å²) >= 11 is 0. The maximum atomic E-state index is 12.0. The minimum atomic E-state index is -0.193. The van der Waals surface area contributed by atoms with Gasteiger partial charge >= 0.3 is 0 Å². The summed E-state index contributed by atoms with van der Waals surface area (Å²) in [5.41, 5.74) is 5.64. The molecule has 1 heterocycles. The van der Waals surface area contributed by atoms with Crippen molar-refractivity contribution in [3.8, 4) is 0 Å². The molecule has 118 valence electrons. The number of hydrogen-bond acceptors (Lipinski definition) is 4. The second kappa shape index (κ2) is 7.96. The monoisotopic (exact) mass is 285 g/mol. The van der Waals surface area contributed by atoms with Gasteiger partial charge in [-0.05, 0) is 47.1 Å². The molecule has 5 nitrogen and oxygen atoms in total. The lowest BCUT2D eigenvalue weighted by atomic mass is 10.1. The predicted octanol–water partition coefficient (Wildman–Crippen LogP) is 1.12. The number of carbonyl (C=O) groups excluding carboxylic acids is 1. The van der Waals surface area contributed by atoms with E-state index in [4.69, 9.17) is 10.5 Å². The number of hydrogen-bond donors (Lipinski definition) is 2. The van der Waals surface area contributed by atoms with E-state index in [0.29, 0.717) is 13.0 Å². The van der Waals surface area contributed by atoms with Crippen molar-refractivity contribution in [1.82, 2.24) is 10.2 Å². The number of nitrogens with two attached hydrogens (primary N) is 1.